The molecular formula is C24H32F2N2O5. The molecule has 33 heavy (non-hydrogen) atoms. The molecule has 0 saturated heterocycles. The van der Waals surface area contributed by atoms with E-state index < -0.39 is 42.3 Å². The first-order valence-electron chi connectivity index (χ1n) is 10.9. The first-order valence-corrected chi connectivity index (χ1v) is 10.9. The van der Waals surface area contributed by atoms with Crippen LogP contribution >= 0.6 is 0 Å². The van der Waals surface area contributed by atoms with Gasteiger partial charge in [-0.25, -0.2) is 18.4 Å². The van der Waals surface area contributed by atoms with E-state index in [4.69, 9.17) is 15.9 Å². The van der Waals surface area contributed by atoms with Crippen LogP contribution in [0.5, 0.6) is 11.5 Å². The molecule has 2 amide bonds. The van der Waals surface area contributed by atoms with Crippen molar-refractivity contribution in [3.63, 3.8) is 0 Å². The number of alkyl halides is 2. The number of methoxy groups -OCH3 is 1. The summed E-state index contributed by atoms with van der Waals surface area (Å²) in [5.74, 6) is -0.230. The minimum absolute atomic E-state index is 0.152. The second-order valence-electron chi connectivity index (χ2n) is 8.05. The summed E-state index contributed by atoms with van der Waals surface area (Å²) in [6, 6.07) is 2.42. The van der Waals surface area contributed by atoms with E-state index >= 15 is 0 Å². The van der Waals surface area contributed by atoms with Crippen molar-refractivity contribution in [1.82, 2.24) is 10.2 Å². The summed E-state index contributed by atoms with van der Waals surface area (Å²) >= 11 is 0. The molecule has 2 rings (SSSR count). The summed E-state index contributed by atoms with van der Waals surface area (Å²) in [7, 11) is 1.10. The topological polar surface area (TPSA) is 77.1 Å². The average Bonchev–Trinajstić information content (AvgIpc) is 2.74. The molecule has 1 aromatic carbocycles. The van der Waals surface area contributed by atoms with Crippen molar-refractivity contribution in [1.29, 1.82) is 0 Å². The number of hydrogen-bond acceptors (Lipinski definition) is 5. The van der Waals surface area contributed by atoms with Gasteiger partial charge in [-0.05, 0) is 45.4 Å². The quantitative estimate of drug-likeness (QED) is 0.413. The van der Waals surface area contributed by atoms with Crippen LogP contribution in [0.4, 0.5) is 13.6 Å². The van der Waals surface area contributed by atoms with Crippen LogP contribution in [0.3, 0.4) is 0 Å². The Morgan fingerprint density at radius 2 is 1.76 bits per heavy atom. The fraction of sp³-hybridized carbons (Fsp3) is 0.583. The predicted octanol–water partition coefficient (Wildman–Crippen LogP) is 4.23. The number of nitrogens with one attached hydrogen (secondary N) is 1. The number of amides is 2. The fourth-order valence-electron chi connectivity index (χ4n) is 3.96. The van der Waals surface area contributed by atoms with Gasteiger partial charge in [0.05, 0.1) is 26.4 Å². The van der Waals surface area contributed by atoms with Crippen molar-refractivity contribution in [2.45, 2.75) is 64.5 Å². The van der Waals surface area contributed by atoms with Crippen molar-refractivity contribution in [3.8, 4) is 23.8 Å². The molecule has 9 heteroatoms. The van der Waals surface area contributed by atoms with E-state index in [1.165, 1.54) is 4.90 Å². The number of rotatable bonds is 10. The number of halogens is 2. The van der Waals surface area contributed by atoms with Crippen molar-refractivity contribution in [2.24, 2.45) is 0 Å². The van der Waals surface area contributed by atoms with Crippen molar-refractivity contribution >= 4 is 12.0 Å². The summed E-state index contributed by atoms with van der Waals surface area (Å²) in [5, 5.41) is 2.49. The Kier molecular flexibility index (Phi) is 8.53. The number of carbonyl (C=O) groups excluding carboxylic acids is 2. The van der Waals surface area contributed by atoms with E-state index in [0.717, 1.165) is 12.7 Å². The summed E-state index contributed by atoms with van der Waals surface area (Å²) in [4.78, 5) is 26.9. The van der Waals surface area contributed by atoms with E-state index in [-0.39, 0.29) is 13.0 Å². The molecule has 1 aromatic rings. The largest absolute Gasteiger partial charge is 0.493 e. The Balaban J connectivity index is 2.38. The number of nitrogens with zero attached hydrogens (tertiary/aromatic N) is 1. The molecule has 0 radical (unpaired) electrons. The van der Waals surface area contributed by atoms with Gasteiger partial charge >= 0.3 is 12.0 Å². The molecule has 0 aromatic heterocycles. The molecule has 1 fully saturated rings. The lowest BCUT2D eigenvalue weighted by molar-refractivity contribution is -0.178. The number of urea groups is 1. The molecule has 1 N–H and O–H groups in total. The lowest BCUT2D eigenvalue weighted by Gasteiger charge is -2.46. The molecule has 0 aliphatic heterocycles. The van der Waals surface area contributed by atoms with Crippen LogP contribution in [-0.2, 0) is 9.53 Å². The number of ether oxygens (including phenoxy) is 3. The molecule has 0 unspecified atom stereocenters. The molecule has 0 heterocycles. The second-order valence-corrected chi connectivity index (χ2v) is 8.05. The second kappa shape index (κ2) is 10.7. The molecule has 1 aliphatic carbocycles. The maximum atomic E-state index is 13.7. The zero-order valence-corrected chi connectivity index (χ0v) is 19.8. The van der Waals surface area contributed by atoms with Crippen LogP contribution < -0.4 is 14.8 Å². The SMILES string of the molecule is C#CCCN(C(=O)NC1(C(=O)OC)CC(F)(F)C1)[C@H](C)c1cc(OCC)c(C)c(OCC)c1. The Labute approximate surface area is 193 Å². The molecule has 1 aliphatic rings. The highest BCUT2D eigenvalue weighted by Gasteiger charge is 2.63. The fourth-order valence-corrected chi connectivity index (χ4v) is 3.96. The number of terminal acetylenes is 1. The van der Waals surface area contributed by atoms with Crippen LogP contribution in [-0.4, -0.2) is 55.2 Å². The average molecular weight is 467 g/mol. The van der Waals surface area contributed by atoms with Gasteiger partial charge in [-0.3, -0.25) is 0 Å². The molecule has 1 saturated carbocycles. The molecule has 0 spiro atoms. The normalized spacial score (nSPS) is 16.5. The highest BCUT2D eigenvalue weighted by atomic mass is 19.3. The highest BCUT2D eigenvalue weighted by molar-refractivity contribution is 5.89. The number of carbonyl (C=O) groups is 2. The molecular weight excluding hydrogens is 434 g/mol. The maximum absolute atomic E-state index is 13.7. The molecule has 182 valence electrons. The van der Waals surface area contributed by atoms with Crippen LogP contribution in [0.25, 0.3) is 0 Å². The minimum atomic E-state index is -3.05. The number of benzene rings is 1. The van der Waals surface area contributed by atoms with E-state index in [9.17, 15) is 18.4 Å². The third-order valence-electron chi connectivity index (χ3n) is 5.69. The van der Waals surface area contributed by atoms with Gasteiger partial charge in [0.15, 0.2) is 5.54 Å². The van der Waals surface area contributed by atoms with Gasteiger partial charge in [0.25, 0.3) is 5.92 Å². The lowest BCUT2D eigenvalue weighted by atomic mass is 9.73. The summed E-state index contributed by atoms with van der Waals surface area (Å²) in [5.41, 5.74) is -0.231. The van der Waals surface area contributed by atoms with Gasteiger partial charge in [-0.2, -0.15) is 0 Å². The first-order chi connectivity index (χ1) is 15.5. The standard InChI is InChI=1S/C24H32F2N2O5/c1-7-10-11-28(22(30)27-23(21(29)31-6)14-24(25,26)15-23)17(5)18-12-19(32-8-2)16(4)20(13-18)33-9-3/h1,12-13,17H,8-11,14-15H2,2-6H3,(H,27,30)/t17-/m1/s1. The van der Waals surface area contributed by atoms with Crippen molar-refractivity contribution < 1.29 is 32.6 Å². The third kappa shape index (κ3) is 5.86. The van der Waals surface area contributed by atoms with Crippen LogP contribution in [0, 0.1) is 19.3 Å². The smallest absolute Gasteiger partial charge is 0.332 e. The van der Waals surface area contributed by atoms with E-state index in [2.05, 4.69) is 16.0 Å². The van der Waals surface area contributed by atoms with Gasteiger partial charge in [0.1, 0.15) is 11.5 Å². The Hall–Kier alpha value is -3.02. The Morgan fingerprint density at radius 1 is 1.21 bits per heavy atom. The summed E-state index contributed by atoms with van der Waals surface area (Å²) in [6.45, 7) is 8.44. The Bertz CT molecular complexity index is 878. The minimum Gasteiger partial charge on any atom is -0.493 e. The zero-order valence-electron chi connectivity index (χ0n) is 19.8. The van der Waals surface area contributed by atoms with E-state index in [1.807, 2.05) is 32.9 Å². The van der Waals surface area contributed by atoms with Gasteiger partial charge < -0.3 is 24.4 Å². The van der Waals surface area contributed by atoms with Crippen molar-refractivity contribution in [2.75, 3.05) is 26.9 Å². The number of esters is 1. The van der Waals surface area contributed by atoms with E-state index in [1.54, 1.807) is 6.92 Å². The first kappa shape index (κ1) is 26.2. The maximum Gasteiger partial charge on any atom is 0.332 e. The molecule has 1 atom stereocenters. The summed E-state index contributed by atoms with van der Waals surface area (Å²) < 4.78 is 43.5. The van der Waals surface area contributed by atoms with Crippen LogP contribution in [0.2, 0.25) is 0 Å². The zero-order chi connectivity index (χ0) is 24.8. The van der Waals surface area contributed by atoms with Gasteiger partial charge in [-0.15, -0.1) is 12.3 Å². The van der Waals surface area contributed by atoms with Gasteiger partial charge in [0, 0.05) is 31.4 Å². The lowest BCUT2D eigenvalue weighted by Crippen LogP contribution is -2.68. The molecule has 7 nitrogen and oxygen atoms in total. The van der Waals surface area contributed by atoms with Gasteiger partial charge in [0.2, 0.25) is 0 Å². The van der Waals surface area contributed by atoms with Gasteiger partial charge in [-0.1, -0.05) is 0 Å². The van der Waals surface area contributed by atoms with Crippen LogP contribution in [0.15, 0.2) is 12.1 Å². The summed E-state index contributed by atoms with van der Waals surface area (Å²) in [6.07, 6.45) is 4.02. The highest BCUT2D eigenvalue weighted by Crippen LogP contribution is 2.46. The third-order valence-corrected chi connectivity index (χ3v) is 5.69. The number of hydrogen-bond donors (Lipinski definition) is 1. The van der Waals surface area contributed by atoms with Crippen molar-refractivity contribution in [3.05, 3.63) is 23.3 Å². The Morgan fingerprint density at radius 3 is 2.18 bits per heavy atom. The predicted molar refractivity (Wildman–Crippen MR) is 120 cm³/mol. The van der Waals surface area contributed by atoms with Crippen LogP contribution in [0.1, 0.15) is 57.2 Å². The molecule has 0 bridgehead atoms. The van der Waals surface area contributed by atoms with E-state index in [0.29, 0.717) is 30.3 Å². The monoisotopic (exact) mass is 466 g/mol.